The molecule has 0 N–H and O–H groups in total. The van der Waals surface area contributed by atoms with Crippen molar-refractivity contribution in [1.29, 1.82) is 0 Å². The maximum Gasteiger partial charge on any atom is 0.226 e. The summed E-state index contributed by atoms with van der Waals surface area (Å²) >= 11 is 0. The normalized spacial score (nSPS) is 27.5. The Morgan fingerprint density at radius 2 is 2.00 bits per heavy atom. The summed E-state index contributed by atoms with van der Waals surface area (Å²) in [6.07, 6.45) is 6.95. The van der Waals surface area contributed by atoms with E-state index in [-0.39, 0.29) is 0 Å². The van der Waals surface area contributed by atoms with Gasteiger partial charge in [0, 0.05) is 19.6 Å². The van der Waals surface area contributed by atoms with Crippen LogP contribution in [0.4, 0.5) is 0 Å². The molecule has 2 aliphatic rings. The minimum absolute atomic E-state index is 0.322. The van der Waals surface area contributed by atoms with E-state index in [2.05, 4.69) is 4.90 Å². The highest BCUT2D eigenvalue weighted by Crippen LogP contribution is 2.29. The first-order valence-electron chi connectivity index (χ1n) is 6.12. The van der Waals surface area contributed by atoms with E-state index in [1.807, 2.05) is 0 Å². The van der Waals surface area contributed by atoms with Crippen LogP contribution in [0.5, 0.6) is 0 Å². The van der Waals surface area contributed by atoms with Crippen molar-refractivity contribution < 1.29 is 9.53 Å². The number of hydrogen-bond acceptors (Lipinski definition) is 2. The van der Waals surface area contributed by atoms with Crippen molar-refractivity contribution in [3.8, 4) is 0 Å². The van der Waals surface area contributed by atoms with Gasteiger partial charge in [0.05, 0.1) is 12.6 Å². The molecule has 0 aromatic heterocycles. The quantitative estimate of drug-likeness (QED) is 0.712. The highest BCUT2D eigenvalue weighted by Gasteiger charge is 2.33. The van der Waals surface area contributed by atoms with Crippen molar-refractivity contribution in [2.24, 2.45) is 5.92 Å². The van der Waals surface area contributed by atoms with E-state index < -0.39 is 0 Å². The van der Waals surface area contributed by atoms with Gasteiger partial charge in [-0.15, -0.1) is 0 Å². The SMILES string of the molecule is COCC1CCCN1C(=O)C1CCCC1. The Morgan fingerprint density at radius 3 is 2.67 bits per heavy atom. The molecule has 0 spiro atoms. The Bertz CT molecular complexity index is 224. The van der Waals surface area contributed by atoms with Gasteiger partial charge in [-0.3, -0.25) is 4.79 Å². The zero-order chi connectivity index (χ0) is 10.7. The lowest BCUT2D eigenvalue weighted by Gasteiger charge is -2.26. The third-order valence-corrected chi connectivity index (χ3v) is 3.72. The molecule has 1 amide bonds. The number of methoxy groups -OCH3 is 1. The summed E-state index contributed by atoms with van der Waals surface area (Å²) < 4.78 is 5.17. The summed E-state index contributed by atoms with van der Waals surface area (Å²) in [6, 6.07) is 0.350. The van der Waals surface area contributed by atoms with Gasteiger partial charge in [0.25, 0.3) is 0 Å². The number of likely N-dealkylation sites (tertiary alicyclic amines) is 1. The molecule has 3 nitrogen and oxygen atoms in total. The van der Waals surface area contributed by atoms with Crippen molar-refractivity contribution in [1.82, 2.24) is 4.90 Å². The van der Waals surface area contributed by atoms with E-state index in [1.165, 1.54) is 12.8 Å². The molecule has 2 rings (SSSR count). The molecule has 2 fully saturated rings. The van der Waals surface area contributed by atoms with Gasteiger partial charge in [-0.25, -0.2) is 0 Å². The van der Waals surface area contributed by atoms with Gasteiger partial charge in [-0.1, -0.05) is 12.8 Å². The van der Waals surface area contributed by atoms with Gasteiger partial charge in [0.15, 0.2) is 0 Å². The summed E-state index contributed by atoms with van der Waals surface area (Å²) in [7, 11) is 1.72. The largest absolute Gasteiger partial charge is 0.383 e. The minimum Gasteiger partial charge on any atom is -0.383 e. The molecule has 0 bridgehead atoms. The highest BCUT2D eigenvalue weighted by atomic mass is 16.5. The van der Waals surface area contributed by atoms with Crippen LogP contribution < -0.4 is 0 Å². The summed E-state index contributed by atoms with van der Waals surface area (Å²) in [5.74, 6) is 0.717. The third-order valence-electron chi connectivity index (χ3n) is 3.72. The maximum absolute atomic E-state index is 12.2. The Morgan fingerprint density at radius 1 is 1.27 bits per heavy atom. The summed E-state index contributed by atoms with van der Waals surface area (Å²) in [5.41, 5.74) is 0. The zero-order valence-corrected chi connectivity index (χ0v) is 9.58. The number of nitrogens with zero attached hydrogens (tertiary/aromatic N) is 1. The number of carbonyl (C=O) groups is 1. The second-order valence-corrected chi connectivity index (χ2v) is 4.76. The molecule has 0 aromatic carbocycles. The van der Waals surface area contributed by atoms with E-state index in [0.29, 0.717) is 24.5 Å². The molecule has 1 aliphatic heterocycles. The van der Waals surface area contributed by atoms with Crippen molar-refractivity contribution in [2.45, 2.75) is 44.6 Å². The van der Waals surface area contributed by atoms with Crippen molar-refractivity contribution in [3.63, 3.8) is 0 Å². The Labute approximate surface area is 91.8 Å². The fourth-order valence-corrected chi connectivity index (χ4v) is 2.90. The topological polar surface area (TPSA) is 29.5 Å². The molecule has 0 radical (unpaired) electrons. The van der Waals surface area contributed by atoms with Gasteiger partial charge < -0.3 is 9.64 Å². The molecule has 1 saturated carbocycles. The van der Waals surface area contributed by atoms with E-state index in [4.69, 9.17) is 4.74 Å². The molecule has 3 heteroatoms. The summed E-state index contributed by atoms with van der Waals surface area (Å²) in [4.78, 5) is 14.3. The molecule has 86 valence electrons. The zero-order valence-electron chi connectivity index (χ0n) is 9.58. The van der Waals surface area contributed by atoms with E-state index in [9.17, 15) is 4.79 Å². The van der Waals surface area contributed by atoms with Crippen LogP contribution in [0.1, 0.15) is 38.5 Å². The smallest absolute Gasteiger partial charge is 0.226 e. The molecule has 0 aromatic rings. The lowest BCUT2D eigenvalue weighted by molar-refractivity contribution is -0.137. The van der Waals surface area contributed by atoms with Gasteiger partial charge >= 0.3 is 0 Å². The standard InChI is InChI=1S/C12H21NO2/c1-15-9-11-7-4-8-13(11)12(14)10-5-2-3-6-10/h10-11H,2-9H2,1H3. The first-order chi connectivity index (χ1) is 7.33. The predicted molar refractivity (Wildman–Crippen MR) is 58.6 cm³/mol. The number of carbonyl (C=O) groups excluding carboxylic acids is 1. The van der Waals surface area contributed by atoms with Crippen molar-refractivity contribution in [2.75, 3.05) is 20.3 Å². The molecule has 1 heterocycles. The number of amides is 1. The molecule has 1 aliphatic carbocycles. The molecular weight excluding hydrogens is 190 g/mol. The van der Waals surface area contributed by atoms with Gasteiger partial charge in [0.1, 0.15) is 0 Å². The van der Waals surface area contributed by atoms with Gasteiger partial charge in [-0.05, 0) is 25.7 Å². The van der Waals surface area contributed by atoms with E-state index in [1.54, 1.807) is 7.11 Å². The maximum atomic E-state index is 12.2. The molecular formula is C12H21NO2. The van der Waals surface area contributed by atoms with E-state index >= 15 is 0 Å². The van der Waals surface area contributed by atoms with Crippen molar-refractivity contribution in [3.05, 3.63) is 0 Å². The lowest BCUT2D eigenvalue weighted by atomic mass is 10.1. The van der Waals surface area contributed by atoms with Gasteiger partial charge in [0.2, 0.25) is 5.91 Å². The second-order valence-electron chi connectivity index (χ2n) is 4.76. The van der Waals surface area contributed by atoms with Crippen LogP contribution in [-0.2, 0) is 9.53 Å². The summed E-state index contributed by atoms with van der Waals surface area (Å²) in [5, 5.41) is 0. The number of ether oxygens (including phenoxy) is 1. The van der Waals surface area contributed by atoms with Crippen molar-refractivity contribution >= 4 is 5.91 Å². The first-order valence-corrected chi connectivity index (χ1v) is 6.12. The third kappa shape index (κ3) is 2.33. The van der Waals surface area contributed by atoms with Crippen LogP contribution in [0.25, 0.3) is 0 Å². The second kappa shape index (κ2) is 4.97. The summed E-state index contributed by atoms with van der Waals surface area (Å²) in [6.45, 7) is 1.65. The van der Waals surface area contributed by atoms with Crippen LogP contribution in [0.3, 0.4) is 0 Å². The van der Waals surface area contributed by atoms with Crippen LogP contribution in [0.15, 0.2) is 0 Å². The Hall–Kier alpha value is -0.570. The Balaban J connectivity index is 1.92. The average Bonchev–Trinajstić information content (AvgIpc) is 2.87. The molecule has 1 unspecified atom stereocenters. The van der Waals surface area contributed by atoms with Crippen LogP contribution in [0, 0.1) is 5.92 Å². The Kier molecular flexibility index (Phi) is 3.62. The number of rotatable bonds is 3. The molecule has 15 heavy (non-hydrogen) atoms. The highest BCUT2D eigenvalue weighted by molar-refractivity contribution is 5.79. The van der Waals surface area contributed by atoms with Gasteiger partial charge in [-0.2, -0.15) is 0 Å². The van der Waals surface area contributed by atoms with Crippen LogP contribution in [0.2, 0.25) is 0 Å². The lowest BCUT2D eigenvalue weighted by Crippen LogP contribution is -2.41. The fraction of sp³-hybridized carbons (Fsp3) is 0.917. The monoisotopic (exact) mass is 211 g/mol. The number of hydrogen-bond donors (Lipinski definition) is 0. The fourth-order valence-electron chi connectivity index (χ4n) is 2.90. The average molecular weight is 211 g/mol. The predicted octanol–water partition coefficient (Wildman–Crippen LogP) is 1.81. The van der Waals surface area contributed by atoms with Crippen LogP contribution >= 0.6 is 0 Å². The first kappa shape index (κ1) is 10.9. The van der Waals surface area contributed by atoms with E-state index in [0.717, 1.165) is 32.2 Å². The van der Waals surface area contributed by atoms with Crippen LogP contribution in [-0.4, -0.2) is 37.1 Å². The molecule has 1 atom stereocenters. The molecule has 1 saturated heterocycles. The minimum atomic E-state index is 0.322.